The number of benzene rings is 1. The van der Waals surface area contributed by atoms with Crippen LogP contribution in [0, 0.1) is 0 Å². The van der Waals surface area contributed by atoms with Crippen molar-refractivity contribution in [2.45, 2.75) is 20.3 Å². The Morgan fingerprint density at radius 2 is 1.79 bits per heavy atom. The summed E-state index contributed by atoms with van der Waals surface area (Å²) in [4.78, 5) is 23.5. The largest absolute Gasteiger partial charge is 0.493 e. The third kappa shape index (κ3) is 3.05. The van der Waals surface area contributed by atoms with Crippen molar-refractivity contribution in [2.24, 2.45) is 0 Å². The predicted molar refractivity (Wildman–Crippen MR) is 69.9 cm³/mol. The van der Waals surface area contributed by atoms with E-state index in [0.29, 0.717) is 29.0 Å². The highest BCUT2D eigenvalue weighted by Gasteiger charge is 2.24. The van der Waals surface area contributed by atoms with E-state index >= 15 is 0 Å². The van der Waals surface area contributed by atoms with Crippen molar-refractivity contribution in [1.82, 2.24) is 0 Å². The van der Waals surface area contributed by atoms with Crippen LogP contribution in [0.5, 0.6) is 11.5 Å². The second-order valence-corrected chi connectivity index (χ2v) is 3.73. The van der Waals surface area contributed by atoms with E-state index < -0.39 is 11.8 Å². The summed E-state index contributed by atoms with van der Waals surface area (Å²) >= 11 is 0. The number of hydrogen-bond acceptors (Lipinski definition) is 5. The van der Waals surface area contributed by atoms with Crippen LogP contribution < -0.4 is 9.47 Å². The lowest BCUT2D eigenvalue weighted by Crippen LogP contribution is -2.19. The minimum Gasteiger partial charge on any atom is -0.493 e. The number of methoxy groups -OCH3 is 2. The molecule has 0 aromatic heterocycles. The molecule has 0 saturated heterocycles. The summed E-state index contributed by atoms with van der Waals surface area (Å²) in [7, 11) is 3.01. The molecule has 0 amide bonds. The molecule has 1 aromatic carbocycles. The lowest BCUT2D eigenvalue weighted by molar-refractivity contribution is -0.137. The number of rotatable bonds is 6. The first-order chi connectivity index (χ1) is 9.10. The number of esters is 1. The van der Waals surface area contributed by atoms with E-state index in [2.05, 4.69) is 0 Å². The maximum atomic E-state index is 12.0. The maximum Gasteiger partial charge on any atom is 0.379 e. The molecule has 19 heavy (non-hydrogen) atoms. The highest BCUT2D eigenvalue weighted by Crippen LogP contribution is 2.34. The number of Topliss-reactive ketones (excluding diaryl/α,β-unsaturated/α-hetero) is 1. The molecule has 0 heterocycles. The smallest absolute Gasteiger partial charge is 0.379 e. The number of carbonyl (C=O) groups excluding carboxylic acids is 2. The zero-order valence-electron chi connectivity index (χ0n) is 11.6. The SMILES string of the molecule is CCOC(=O)C(=O)c1ccc(OC)c(OC)c1CC. The molecular weight excluding hydrogens is 248 g/mol. The molecule has 0 aliphatic carbocycles. The Balaban J connectivity index is 3.28. The molecule has 0 radical (unpaired) electrons. The normalized spacial score (nSPS) is 9.89. The van der Waals surface area contributed by atoms with Gasteiger partial charge in [-0.05, 0) is 25.5 Å². The quantitative estimate of drug-likeness (QED) is 0.448. The summed E-state index contributed by atoms with van der Waals surface area (Å²) in [5.41, 5.74) is 0.929. The average molecular weight is 266 g/mol. The van der Waals surface area contributed by atoms with Crippen molar-refractivity contribution in [3.63, 3.8) is 0 Å². The molecule has 0 spiro atoms. The van der Waals surface area contributed by atoms with Gasteiger partial charge in [0.25, 0.3) is 5.78 Å². The van der Waals surface area contributed by atoms with Crippen LogP contribution in [-0.4, -0.2) is 32.6 Å². The van der Waals surface area contributed by atoms with Gasteiger partial charge in [0.15, 0.2) is 11.5 Å². The van der Waals surface area contributed by atoms with Crippen LogP contribution in [0.25, 0.3) is 0 Å². The summed E-state index contributed by atoms with van der Waals surface area (Å²) in [5, 5.41) is 0. The van der Waals surface area contributed by atoms with Crippen molar-refractivity contribution in [1.29, 1.82) is 0 Å². The predicted octanol–water partition coefficient (Wildman–Crippen LogP) is 2.01. The molecule has 5 nitrogen and oxygen atoms in total. The van der Waals surface area contributed by atoms with Crippen LogP contribution >= 0.6 is 0 Å². The first-order valence-electron chi connectivity index (χ1n) is 6.05. The topological polar surface area (TPSA) is 61.8 Å². The number of hydrogen-bond donors (Lipinski definition) is 0. The fourth-order valence-corrected chi connectivity index (χ4v) is 1.86. The lowest BCUT2D eigenvalue weighted by atomic mass is 9.99. The van der Waals surface area contributed by atoms with E-state index in [1.165, 1.54) is 14.2 Å². The van der Waals surface area contributed by atoms with Crippen molar-refractivity contribution in [2.75, 3.05) is 20.8 Å². The molecule has 0 saturated carbocycles. The van der Waals surface area contributed by atoms with E-state index in [1.54, 1.807) is 19.1 Å². The van der Waals surface area contributed by atoms with E-state index in [0.717, 1.165) is 0 Å². The summed E-state index contributed by atoms with van der Waals surface area (Å²) in [6.45, 7) is 3.69. The molecule has 1 aromatic rings. The summed E-state index contributed by atoms with van der Waals surface area (Å²) < 4.78 is 15.2. The standard InChI is InChI=1S/C14H18O5/c1-5-9-10(12(15)14(16)19-6-2)7-8-11(17-3)13(9)18-4/h7-8H,5-6H2,1-4H3. The third-order valence-electron chi connectivity index (χ3n) is 2.71. The van der Waals surface area contributed by atoms with Crippen LogP contribution in [-0.2, 0) is 16.0 Å². The molecule has 0 bridgehead atoms. The fourth-order valence-electron chi connectivity index (χ4n) is 1.86. The first-order valence-corrected chi connectivity index (χ1v) is 6.05. The van der Waals surface area contributed by atoms with Gasteiger partial charge < -0.3 is 14.2 Å². The fraction of sp³-hybridized carbons (Fsp3) is 0.429. The Morgan fingerprint density at radius 3 is 2.26 bits per heavy atom. The maximum absolute atomic E-state index is 12.0. The van der Waals surface area contributed by atoms with E-state index in [9.17, 15) is 9.59 Å². The van der Waals surface area contributed by atoms with E-state index in [4.69, 9.17) is 14.2 Å². The lowest BCUT2D eigenvalue weighted by Gasteiger charge is -2.14. The van der Waals surface area contributed by atoms with Crippen molar-refractivity contribution < 1.29 is 23.8 Å². The molecule has 5 heteroatoms. The summed E-state index contributed by atoms with van der Waals surface area (Å²) in [6.07, 6.45) is 0.543. The zero-order valence-corrected chi connectivity index (χ0v) is 11.6. The molecule has 1 rings (SSSR count). The van der Waals surface area contributed by atoms with Gasteiger partial charge in [-0.15, -0.1) is 0 Å². The molecule has 0 N–H and O–H groups in total. The van der Waals surface area contributed by atoms with Gasteiger partial charge in [0.1, 0.15) is 0 Å². The van der Waals surface area contributed by atoms with Crippen LogP contribution in [0.3, 0.4) is 0 Å². The number of ether oxygens (including phenoxy) is 3. The van der Waals surface area contributed by atoms with Gasteiger partial charge >= 0.3 is 5.97 Å². The van der Waals surface area contributed by atoms with Gasteiger partial charge in [-0.3, -0.25) is 4.79 Å². The monoisotopic (exact) mass is 266 g/mol. The highest BCUT2D eigenvalue weighted by atomic mass is 16.5. The molecule has 104 valence electrons. The minimum absolute atomic E-state index is 0.166. The van der Waals surface area contributed by atoms with Crippen LogP contribution in [0.15, 0.2) is 12.1 Å². The van der Waals surface area contributed by atoms with Gasteiger partial charge in [0.05, 0.1) is 20.8 Å². The minimum atomic E-state index is -0.857. The van der Waals surface area contributed by atoms with Gasteiger partial charge in [-0.2, -0.15) is 0 Å². The Labute approximate surface area is 112 Å². The van der Waals surface area contributed by atoms with E-state index in [1.807, 2.05) is 6.92 Å². The van der Waals surface area contributed by atoms with E-state index in [-0.39, 0.29) is 6.61 Å². The van der Waals surface area contributed by atoms with Gasteiger partial charge in [-0.25, -0.2) is 4.79 Å². The molecule has 0 atom stereocenters. The Bertz CT molecular complexity index is 479. The number of ketones is 1. The summed E-state index contributed by atoms with van der Waals surface area (Å²) in [5.74, 6) is -0.524. The van der Waals surface area contributed by atoms with Gasteiger partial charge in [0, 0.05) is 11.1 Å². The van der Waals surface area contributed by atoms with Gasteiger partial charge in [-0.1, -0.05) is 6.92 Å². The van der Waals surface area contributed by atoms with Crippen LogP contribution in [0.4, 0.5) is 0 Å². The molecule has 0 aliphatic rings. The molecule has 0 aliphatic heterocycles. The Kier molecular flexibility index (Phi) is 5.36. The zero-order chi connectivity index (χ0) is 14.4. The second kappa shape index (κ2) is 6.78. The molecule has 0 unspecified atom stereocenters. The van der Waals surface area contributed by atoms with Crippen molar-refractivity contribution in [3.05, 3.63) is 23.3 Å². The van der Waals surface area contributed by atoms with Crippen LogP contribution in [0.1, 0.15) is 29.8 Å². The van der Waals surface area contributed by atoms with Crippen molar-refractivity contribution in [3.8, 4) is 11.5 Å². The second-order valence-electron chi connectivity index (χ2n) is 3.73. The highest BCUT2D eigenvalue weighted by molar-refractivity contribution is 6.41. The molecule has 0 fully saturated rings. The summed E-state index contributed by atoms with van der Waals surface area (Å²) in [6, 6.07) is 3.16. The first kappa shape index (κ1) is 15.0. The van der Waals surface area contributed by atoms with Crippen molar-refractivity contribution >= 4 is 11.8 Å². The molecular formula is C14H18O5. The Hall–Kier alpha value is -2.04. The third-order valence-corrected chi connectivity index (χ3v) is 2.71. The Morgan fingerprint density at radius 1 is 1.11 bits per heavy atom. The van der Waals surface area contributed by atoms with Crippen LogP contribution in [0.2, 0.25) is 0 Å². The average Bonchev–Trinajstić information content (AvgIpc) is 2.44. The number of carbonyl (C=O) groups is 2. The van der Waals surface area contributed by atoms with Gasteiger partial charge in [0.2, 0.25) is 0 Å².